The molecule has 9 heteroatoms. The number of ketones is 1. The molecule has 0 saturated heterocycles. The number of nitrogens with one attached hydrogen (secondary N) is 1. The quantitative estimate of drug-likeness (QED) is 0.868. The Morgan fingerprint density at radius 2 is 1.95 bits per heavy atom. The molecule has 4 nitrogen and oxygen atoms in total. The molecule has 106 valence electrons. The van der Waals surface area contributed by atoms with E-state index in [0.29, 0.717) is 0 Å². The first-order chi connectivity index (χ1) is 8.58. The average Bonchev–Trinajstić information content (AvgIpc) is 2.29. The van der Waals surface area contributed by atoms with Crippen molar-refractivity contribution in [2.45, 2.75) is 18.9 Å². The lowest BCUT2D eigenvalue weighted by molar-refractivity contribution is -0.0429. The van der Waals surface area contributed by atoms with Crippen LogP contribution in [0.2, 0.25) is 5.02 Å². The van der Waals surface area contributed by atoms with E-state index in [1.807, 2.05) is 0 Å². The lowest BCUT2D eigenvalue weighted by atomic mass is 10.1. The maximum atomic E-state index is 12.2. The molecule has 0 amide bonds. The van der Waals surface area contributed by atoms with Gasteiger partial charge in [-0.15, -0.1) is 0 Å². The fourth-order valence-corrected chi connectivity index (χ4v) is 1.98. The van der Waals surface area contributed by atoms with Gasteiger partial charge in [0.2, 0.25) is 0 Å². The van der Waals surface area contributed by atoms with Crippen LogP contribution in [0.3, 0.4) is 0 Å². The van der Waals surface area contributed by atoms with E-state index in [1.165, 1.54) is 10.8 Å². The fourth-order valence-electron chi connectivity index (χ4n) is 1.18. The average molecular weight is 316 g/mol. The van der Waals surface area contributed by atoms with Gasteiger partial charge in [0.15, 0.2) is 5.78 Å². The summed E-state index contributed by atoms with van der Waals surface area (Å²) in [5.74, 6) is -0.343. The Labute approximate surface area is 112 Å². The summed E-state index contributed by atoms with van der Waals surface area (Å²) in [4.78, 5) is 11.4. The molecule has 0 spiro atoms. The Morgan fingerprint density at radius 3 is 2.42 bits per heavy atom. The van der Waals surface area contributed by atoms with Crippen molar-refractivity contribution in [2.24, 2.45) is 0 Å². The van der Waals surface area contributed by atoms with E-state index in [2.05, 4.69) is 0 Å². The number of hydrogen-bond acceptors (Lipinski definition) is 3. The summed E-state index contributed by atoms with van der Waals surface area (Å²) in [5.41, 5.74) is -5.87. The van der Waals surface area contributed by atoms with Gasteiger partial charge in [0.25, 0.3) is 0 Å². The van der Waals surface area contributed by atoms with Crippen molar-refractivity contribution in [1.82, 2.24) is 0 Å². The summed E-state index contributed by atoms with van der Waals surface area (Å²) in [6.45, 7) is 1.57. The fraction of sp³-hybridized carbons (Fsp3) is 0.300. The number of alkyl halides is 3. The molecule has 1 aromatic carbocycles. The van der Waals surface area contributed by atoms with Crippen molar-refractivity contribution in [3.63, 3.8) is 0 Å². The number of sulfonamides is 1. The highest BCUT2D eigenvalue weighted by molar-refractivity contribution is 7.93. The molecule has 0 heterocycles. The number of carbonyl (C=O) groups excluding carboxylic acids is 1. The molecule has 0 fully saturated rings. The molecule has 0 aromatic heterocycles. The van der Waals surface area contributed by atoms with Crippen LogP contribution < -0.4 is 4.72 Å². The van der Waals surface area contributed by atoms with Gasteiger partial charge >= 0.3 is 15.5 Å². The summed E-state index contributed by atoms with van der Waals surface area (Å²) in [6.07, 6.45) is 0.132. The predicted octanol–water partition coefficient (Wildman–Crippen LogP) is 3.19. The van der Waals surface area contributed by atoms with Crippen LogP contribution in [0, 0.1) is 0 Å². The topological polar surface area (TPSA) is 63.2 Å². The van der Waals surface area contributed by atoms with Crippen LogP contribution >= 0.6 is 11.6 Å². The van der Waals surface area contributed by atoms with Gasteiger partial charge in [0.05, 0.1) is 10.7 Å². The van der Waals surface area contributed by atoms with Crippen molar-refractivity contribution in [2.75, 3.05) is 4.72 Å². The van der Waals surface area contributed by atoms with E-state index in [1.54, 1.807) is 6.92 Å². The van der Waals surface area contributed by atoms with Gasteiger partial charge in [-0.1, -0.05) is 18.5 Å². The Balaban J connectivity index is 3.19. The molecule has 0 atom stereocenters. The van der Waals surface area contributed by atoms with Crippen LogP contribution in [0.25, 0.3) is 0 Å². The molecule has 1 rings (SSSR count). The van der Waals surface area contributed by atoms with E-state index >= 15 is 0 Å². The van der Waals surface area contributed by atoms with Gasteiger partial charge in [-0.2, -0.15) is 21.6 Å². The number of halogens is 4. The van der Waals surface area contributed by atoms with Crippen LogP contribution in [-0.4, -0.2) is 19.7 Å². The predicted molar refractivity (Wildman–Crippen MR) is 64.7 cm³/mol. The molecule has 19 heavy (non-hydrogen) atoms. The number of hydrogen-bond donors (Lipinski definition) is 1. The smallest absolute Gasteiger partial charge is 0.294 e. The first kappa shape index (κ1) is 15.8. The zero-order valence-electron chi connectivity index (χ0n) is 9.58. The van der Waals surface area contributed by atoms with Crippen LogP contribution in [0.1, 0.15) is 23.7 Å². The number of benzene rings is 1. The zero-order valence-corrected chi connectivity index (χ0v) is 11.2. The highest BCUT2D eigenvalue weighted by Gasteiger charge is 2.46. The van der Waals surface area contributed by atoms with Gasteiger partial charge in [-0.3, -0.25) is 9.52 Å². The molecule has 1 N–H and O–H groups in total. The summed E-state index contributed by atoms with van der Waals surface area (Å²) in [7, 11) is -5.57. The van der Waals surface area contributed by atoms with Crippen molar-refractivity contribution < 1.29 is 26.4 Å². The third-order valence-electron chi connectivity index (χ3n) is 2.16. The molecule has 0 saturated carbocycles. The Hall–Kier alpha value is -1.28. The Morgan fingerprint density at radius 1 is 1.37 bits per heavy atom. The molecule has 1 aromatic rings. The second-order valence-electron chi connectivity index (χ2n) is 3.52. The van der Waals surface area contributed by atoms with Crippen molar-refractivity contribution >= 4 is 33.1 Å². The van der Waals surface area contributed by atoms with Gasteiger partial charge in [-0.25, -0.2) is 0 Å². The third kappa shape index (κ3) is 3.60. The maximum Gasteiger partial charge on any atom is 0.516 e. The molecule has 0 aliphatic rings. The standard InChI is InChI=1S/C10H9ClF3NO3S/c1-2-9(16)6-3-4-7(11)8(5-6)15-19(17,18)10(12,13)14/h3-5,15H,2H2,1H3. The van der Waals surface area contributed by atoms with Crippen LogP contribution in [-0.2, 0) is 10.0 Å². The molecule has 0 bridgehead atoms. The van der Waals surface area contributed by atoms with Gasteiger partial charge in [0.1, 0.15) is 0 Å². The van der Waals surface area contributed by atoms with E-state index in [0.717, 1.165) is 12.1 Å². The van der Waals surface area contributed by atoms with Crippen LogP contribution in [0.5, 0.6) is 0 Å². The van der Waals surface area contributed by atoms with Crippen LogP contribution in [0.4, 0.5) is 18.9 Å². The van der Waals surface area contributed by atoms with Crippen molar-refractivity contribution in [3.8, 4) is 0 Å². The van der Waals surface area contributed by atoms with Crippen molar-refractivity contribution in [1.29, 1.82) is 0 Å². The molecular weight excluding hydrogens is 307 g/mol. The van der Waals surface area contributed by atoms with Crippen molar-refractivity contribution in [3.05, 3.63) is 28.8 Å². The minimum absolute atomic E-state index is 0.0757. The molecule has 0 aliphatic carbocycles. The third-order valence-corrected chi connectivity index (χ3v) is 3.59. The molecule has 0 radical (unpaired) electrons. The van der Waals surface area contributed by atoms with Gasteiger partial charge < -0.3 is 0 Å². The minimum Gasteiger partial charge on any atom is -0.294 e. The monoisotopic (exact) mass is 315 g/mol. The number of anilines is 1. The Kier molecular flexibility index (Phi) is 4.46. The summed E-state index contributed by atoms with van der Waals surface area (Å²) in [6, 6.07) is 3.43. The second-order valence-corrected chi connectivity index (χ2v) is 5.60. The highest BCUT2D eigenvalue weighted by atomic mass is 35.5. The first-order valence-corrected chi connectivity index (χ1v) is 6.86. The van der Waals surface area contributed by atoms with E-state index in [4.69, 9.17) is 11.6 Å². The maximum absolute atomic E-state index is 12.2. The lowest BCUT2D eigenvalue weighted by Crippen LogP contribution is -2.30. The molecular formula is C10H9ClF3NO3S. The Bertz CT molecular complexity index is 599. The lowest BCUT2D eigenvalue weighted by Gasteiger charge is -2.12. The van der Waals surface area contributed by atoms with E-state index in [9.17, 15) is 26.4 Å². The van der Waals surface area contributed by atoms with Gasteiger partial charge in [0, 0.05) is 12.0 Å². The van der Waals surface area contributed by atoms with E-state index < -0.39 is 21.2 Å². The summed E-state index contributed by atoms with van der Waals surface area (Å²) >= 11 is 5.59. The van der Waals surface area contributed by atoms with E-state index in [-0.39, 0.29) is 22.8 Å². The normalized spacial score (nSPS) is 12.3. The summed E-state index contributed by atoms with van der Waals surface area (Å²) < 4.78 is 59.8. The number of carbonyl (C=O) groups is 1. The minimum atomic E-state index is -5.57. The number of rotatable bonds is 4. The SMILES string of the molecule is CCC(=O)c1ccc(Cl)c(NS(=O)(=O)C(F)(F)F)c1. The largest absolute Gasteiger partial charge is 0.516 e. The van der Waals surface area contributed by atoms with Gasteiger partial charge in [-0.05, 0) is 18.2 Å². The zero-order chi connectivity index (χ0) is 14.8. The summed E-state index contributed by atoms with van der Waals surface area (Å²) in [5, 5.41) is -0.236. The first-order valence-electron chi connectivity index (χ1n) is 5.00. The number of Topliss-reactive ketones (excluding diaryl/α,β-unsaturated/α-hetero) is 1. The highest BCUT2D eigenvalue weighted by Crippen LogP contribution is 2.30. The molecule has 0 aliphatic heterocycles. The second kappa shape index (κ2) is 5.38. The van der Waals surface area contributed by atoms with Crippen LogP contribution in [0.15, 0.2) is 18.2 Å². The molecule has 0 unspecified atom stereocenters.